The molecule has 0 bridgehead atoms. The first-order valence-corrected chi connectivity index (χ1v) is 9.74. The average molecular weight is 329 g/mol. The first-order chi connectivity index (χ1) is 10.3. The molecule has 1 fully saturated rings. The smallest absolute Gasteiger partial charge is 0.227 e. The van der Waals surface area contributed by atoms with Crippen LogP contribution in [0.2, 0.25) is 0 Å². The molecule has 128 valence electrons. The quantitative estimate of drug-likeness (QED) is 0.763. The first kappa shape index (κ1) is 19.3. The van der Waals surface area contributed by atoms with E-state index in [0.29, 0.717) is 18.3 Å². The molecule has 0 aromatic rings. The van der Waals surface area contributed by atoms with Crippen LogP contribution in [0.5, 0.6) is 0 Å². The van der Waals surface area contributed by atoms with E-state index in [1.807, 2.05) is 31.9 Å². The summed E-state index contributed by atoms with van der Waals surface area (Å²) in [6.07, 6.45) is 4.61. The summed E-state index contributed by atoms with van der Waals surface area (Å²) in [6.45, 7) is 10.4. The Labute approximate surface area is 139 Å². The maximum Gasteiger partial charge on any atom is 0.227 e. The molecular weight excluding hydrogens is 296 g/mol. The highest BCUT2D eigenvalue weighted by molar-refractivity contribution is 7.98. The van der Waals surface area contributed by atoms with Crippen LogP contribution in [-0.2, 0) is 9.59 Å². The van der Waals surface area contributed by atoms with E-state index in [9.17, 15) is 9.59 Å². The molecule has 1 saturated heterocycles. The summed E-state index contributed by atoms with van der Waals surface area (Å²) in [5, 5.41) is 2.99. The number of amides is 2. The minimum absolute atomic E-state index is 0.160. The Morgan fingerprint density at radius 3 is 2.50 bits per heavy atom. The Bertz CT molecular complexity index is 379. The SMILES string of the molecule is CCC1CN(C(=O)C(C)(C)C)CCC1CC(=O)NCCSC. The van der Waals surface area contributed by atoms with Gasteiger partial charge < -0.3 is 10.2 Å². The lowest BCUT2D eigenvalue weighted by atomic mass is 9.80. The fraction of sp³-hybridized carbons (Fsp3) is 0.882. The lowest BCUT2D eigenvalue weighted by Crippen LogP contribution is -2.48. The number of likely N-dealkylation sites (tertiary alicyclic amines) is 1. The lowest BCUT2D eigenvalue weighted by Gasteiger charge is -2.40. The van der Waals surface area contributed by atoms with Crippen LogP contribution in [0.15, 0.2) is 0 Å². The molecule has 0 aromatic carbocycles. The molecule has 22 heavy (non-hydrogen) atoms. The maximum atomic E-state index is 12.4. The van der Waals surface area contributed by atoms with Gasteiger partial charge in [0.2, 0.25) is 11.8 Å². The van der Waals surface area contributed by atoms with E-state index in [-0.39, 0.29) is 17.2 Å². The second-order valence-electron chi connectivity index (χ2n) is 7.27. The van der Waals surface area contributed by atoms with Gasteiger partial charge in [-0.15, -0.1) is 0 Å². The number of hydrogen-bond donors (Lipinski definition) is 1. The summed E-state index contributed by atoms with van der Waals surface area (Å²) >= 11 is 1.74. The molecule has 1 N–H and O–H groups in total. The van der Waals surface area contributed by atoms with Crippen molar-refractivity contribution in [1.82, 2.24) is 10.2 Å². The van der Waals surface area contributed by atoms with Crippen molar-refractivity contribution in [1.29, 1.82) is 0 Å². The zero-order valence-corrected chi connectivity index (χ0v) is 15.6. The molecular formula is C17H32N2O2S. The standard InChI is InChI=1S/C17H32N2O2S/c1-6-13-12-19(16(21)17(2,3)4)9-7-14(13)11-15(20)18-8-10-22-5/h13-14H,6-12H2,1-5H3,(H,18,20). The summed E-state index contributed by atoms with van der Waals surface area (Å²) < 4.78 is 0. The molecule has 5 heteroatoms. The van der Waals surface area contributed by atoms with Crippen molar-refractivity contribution in [2.45, 2.75) is 47.0 Å². The fourth-order valence-corrected chi connectivity index (χ4v) is 3.38. The fourth-order valence-electron chi connectivity index (χ4n) is 3.07. The molecule has 4 nitrogen and oxygen atoms in total. The van der Waals surface area contributed by atoms with Crippen LogP contribution in [0.1, 0.15) is 47.0 Å². The van der Waals surface area contributed by atoms with Crippen molar-refractivity contribution < 1.29 is 9.59 Å². The van der Waals surface area contributed by atoms with Crippen LogP contribution in [0.4, 0.5) is 0 Å². The number of nitrogens with one attached hydrogen (secondary N) is 1. The molecule has 1 aliphatic rings. The van der Waals surface area contributed by atoms with Crippen LogP contribution in [0.25, 0.3) is 0 Å². The largest absolute Gasteiger partial charge is 0.355 e. The molecule has 0 radical (unpaired) electrons. The Morgan fingerprint density at radius 1 is 1.27 bits per heavy atom. The van der Waals surface area contributed by atoms with Gasteiger partial charge in [-0.05, 0) is 24.5 Å². The van der Waals surface area contributed by atoms with Crippen LogP contribution in [0.3, 0.4) is 0 Å². The van der Waals surface area contributed by atoms with Gasteiger partial charge in [-0.2, -0.15) is 11.8 Å². The summed E-state index contributed by atoms with van der Waals surface area (Å²) in [6, 6.07) is 0. The Morgan fingerprint density at radius 2 is 1.95 bits per heavy atom. The van der Waals surface area contributed by atoms with Gasteiger partial charge in [0.25, 0.3) is 0 Å². The van der Waals surface area contributed by atoms with E-state index < -0.39 is 0 Å². The van der Waals surface area contributed by atoms with Gasteiger partial charge in [0.15, 0.2) is 0 Å². The average Bonchev–Trinajstić information content (AvgIpc) is 2.46. The summed E-state index contributed by atoms with van der Waals surface area (Å²) in [5.74, 6) is 2.19. The van der Waals surface area contributed by atoms with E-state index in [2.05, 4.69) is 12.2 Å². The molecule has 1 aliphatic heterocycles. The third-order valence-electron chi connectivity index (χ3n) is 4.42. The van der Waals surface area contributed by atoms with Crippen LogP contribution in [-0.4, -0.2) is 48.4 Å². The topological polar surface area (TPSA) is 49.4 Å². The number of piperidine rings is 1. The van der Waals surface area contributed by atoms with Gasteiger partial charge in [-0.1, -0.05) is 34.1 Å². The monoisotopic (exact) mass is 328 g/mol. The number of carbonyl (C=O) groups excluding carboxylic acids is 2. The van der Waals surface area contributed by atoms with Crippen LogP contribution >= 0.6 is 11.8 Å². The highest BCUT2D eigenvalue weighted by Crippen LogP contribution is 2.31. The Balaban J connectivity index is 2.52. The molecule has 0 saturated carbocycles. The molecule has 1 rings (SSSR count). The van der Waals surface area contributed by atoms with E-state index in [0.717, 1.165) is 38.2 Å². The van der Waals surface area contributed by atoms with Crippen molar-refractivity contribution >= 4 is 23.6 Å². The van der Waals surface area contributed by atoms with Crippen molar-refractivity contribution in [3.63, 3.8) is 0 Å². The van der Waals surface area contributed by atoms with Gasteiger partial charge in [-0.3, -0.25) is 9.59 Å². The first-order valence-electron chi connectivity index (χ1n) is 8.34. The minimum atomic E-state index is -0.319. The van der Waals surface area contributed by atoms with E-state index in [1.54, 1.807) is 11.8 Å². The van der Waals surface area contributed by atoms with Crippen LogP contribution < -0.4 is 5.32 Å². The predicted octanol–water partition coefficient (Wildman–Crippen LogP) is 2.78. The Hall–Kier alpha value is -0.710. The van der Waals surface area contributed by atoms with Crippen molar-refractivity contribution in [3.05, 3.63) is 0 Å². The molecule has 0 spiro atoms. The molecule has 1 heterocycles. The zero-order valence-electron chi connectivity index (χ0n) is 14.8. The lowest BCUT2D eigenvalue weighted by molar-refractivity contribution is -0.142. The summed E-state index contributed by atoms with van der Waals surface area (Å²) in [4.78, 5) is 26.4. The highest BCUT2D eigenvalue weighted by Gasteiger charge is 2.35. The van der Waals surface area contributed by atoms with Gasteiger partial charge in [0, 0.05) is 37.2 Å². The summed E-state index contributed by atoms with van der Waals surface area (Å²) in [5.41, 5.74) is -0.319. The minimum Gasteiger partial charge on any atom is -0.355 e. The molecule has 2 unspecified atom stereocenters. The number of thioether (sulfide) groups is 1. The van der Waals surface area contributed by atoms with Crippen molar-refractivity contribution in [2.24, 2.45) is 17.3 Å². The third kappa shape index (κ3) is 5.82. The number of carbonyl (C=O) groups is 2. The van der Waals surface area contributed by atoms with Crippen LogP contribution in [0, 0.1) is 17.3 Å². The summed E-state index contributed by atoms with van der Waals surface area (Å²) in [7, 11) is 0. The van der Waals surface area contributed by atoms with Gasteiger partial charge >= 0.3 is 0 Å². The third-order valence-corrected chi connectivity index (χ3v) is 5.03. The Kier molecular flexibility index (Phi) is 7.74. The van der Waals surface area contributed by atoms with E-state index in [4.69, 9.17) is 0 Å². The number of hydrogen-bond acceptors (Lipinski definition) is 3. The van der Waals surface area contributed by atoms with Gasteiger partial charge in [0.1, 0.15) is 0 Å². The highest BCUT2D eigenvalue weighted by atomic mass is 32.2. The molecule has 0 aromatic heterocycles. The van der Waals surface area contributed by atoms with Gasteiger partial charge in [-0.25, -0.2) is 0 Å². The molecule has 2 atom stereocenters. The normalized spacial score (nSPS) is 22.5. The van der Waals surface area contributed by atoms with E-state index >= 15 is 0 Å². The molecule has 2 amide bonds. The predicted molar refractivity (Wildman–Crippen MR) is 93.9 cm³/mol. The second kappa shape index (κ2) is 8.80. The number of nitrogens with zero attached hydrogens (tertiary/aromatic N) is 1. The van der Waals surface area contributed by atoms with E-state index in [1.165, 1.54) is 0 Å². The molecule has 0 aliphatic carbocycles. The maximum absolute atomic E-state index is 12.4. The van der Waals surface area contributed by atoms with Crippen molar-refractivity contribution in [2.75, 3.05) is 31.6 Å². The second-order valence-corrected chi connectivity index (χ2v) is 8.25. The number of rotatable bonds is 6. The van der Waals surface area contributed by atoms with Gasteiger partial charge in [0.05, 0.1) is 0 Å². The van der Waals surface area contributed by atoms with Crippen molar-refractivity contribution in [3.8, 4) is 0 Å². The zero-order chi connectivity index (χ0) is 16.8.